The maximum Gasteiger partial charge on any atom is 0.516 e. The molecule has 0 saturated carbocycles. The number of carbonyl (C=O) groups is 2. The van der Waals surface area contributed by atoms with Crippen molar-refractivity contribution >= 4 is 12.0 Å². The van der Waals surface area contributed by atoms with Crippen LogP contribution in [-0.2, 0) is 16.1 Å². The van der Waals surface area contributed by atoms with Crippen molar-refractivity contribution in [3.63, 3.8) is 0 Å². The molecule has 2 amide bonds. The molecule has 22 heavy (non-hydrogen) atoms. The van der Waals surface area contributed by atoms with Crippen LogP contribution in [-0.4, -0.2) is 41.7 Å². The lowest BCUT2D eigenvalue weighted by Gasteiger charge is -2.33. The summed E-state index contributed by atoms with van der Waals surface area (Å²) in [4.78, 5) is 24.4. The number of ether oxygens (including phenoxy) is 1. The van der Waals surface area contributed by atoms with Crippen molar-refractivity contribution in [3.05, 3.63) is 48.6 Å². The van der Waals surface area contributed by atoms with Gasteiger partial charge in [0.15, 0.2) is 0 Å². The van der Waals surface area contributed by atoms with Gasteiger partial charge < -0.3 is 10.1 Å². The molecule has 2 aliphatic rings. The molecule has 2 saturated heterocycles. The number of hydrogen-bond donors (Lipinski definition) is 1. The predicted octanol–water partition coefficient (Wildman–Crippen LogP) is 1.99. The molecule has 5 nitrogen and oxygen atoms in total. The Morgan fingerprint density at radius 1 is 1.41 bits per heavy atom. The Bertz CT molecular complexity index is 587. The van der Waals surface area contributed by atoms with Crippen molar-refractivity contribution in [3.8, 4) is 0 Å². The molecule has 3 atom stereocenters. The highest BCUT2D eigenvalue weighted by Crippen LogP contribution is 2.34. The normalized spacial score (nSPS) is 29.7. The minimum absolute atomic E-state index is 0.0251. The molecule has 1 unspecified atom stereocenters. The Labute approximate surface area is 130 Å². The molecule has 1 aromatic carbocycles. The molecule has 3 rings (SSSR count). The zero-order valence-corrected chi connectivity index (χ0v) is 12.5. The number of nitrogens with zero attached hydrogens (tertiary/aromatic N) is 1. The Morgan fingerprint density at radius 3 is 2.91 bits per heavy atom. The van der Waals surface area contributed by atoms with Gasteiger partial charge in [-0.15, -0.1) is 0 Å². The fraction of sp³-hybridized carbons (Fsp3) is 0.412. The summed E-state index contributed by atoms with van der Waals surface area (Å²) in [5.41, 5.74) is 0.962. The van der Waals surface area contributed by atoms with E-state index in [0.29, 0.717) is 19.5 Å². The molecule has 1 aromatic rings. The second-order valence-corrected chi connectivity index (χ2v) is 6.00. The number of likely N-dealkylation sites (tertiary alicyclic amines) is 1. The molecular formula is C17H21N2O3+. The highest BCUT2D eigenvalue weighted by atomic mass is 16.6. The van der Waals surface area contributed by atoms with Gasteiger partial charge in [0.05, 0.1) is 19.0 Å². The van der Waals surface area contributed by atoms with Crippen LogP contribution in [0.5, 0.6) is 0 Å². The molecule has 0 bridgehead atoms. The summed E-state index contributed by atoms with van der Waals surface area (Å²) in [6.45, 7) is 5.23. The molecule has 1 N–H and O–H groups in total. The largest absolute Gasteiger partial charge is 0.516 e. The number of fused-ring (bicyclic) bond motifs is 1. The molecular weight excluding hydrogens is 280 g/mol. The first-order valence-electron chi connectivity index (χ1n) is 7.64. The zero-order chi connectivity index (χ0) is 15.6. The lowest BCUT2D eigenvalue weighted by Crippen LogP contribution is -2.57. The van der Waals surface area contributed by atoms with Gasteiger partial charge in [0.25, 0.3) is 0 Å². The van der Waals surface area contributed by atoms with Crippen molar-refractivity contribution in [2.45, 2.75) is 31.5 Å². The summed E-state index contributed by atoms with van der Waals surface area (Å²) in [5.74, 6) is 0.0251. The highest BCUT2D eigenvalue weighted by molar-refractivity contribution is 5.80. The van der Waals surface area contributed by atoms with Crippen molar-refractivity contribution in [2.24, 2.45) is 0 Å². The Hall–Kier alpha value is -2.14. The molecule has 2 aliphatic heterocycles. The first kappa shape index (κ1) is 14.8. The second kappa shape index (κ2) is 5.93. The van der Waals surface area contributed by atoms with Gasteiger partial charge in [-0.2, -0.15) is 4.79 Å². The summed E-state index contributed by atoms with van der Waals surface area (Å²) in [6, 6.07) is 9.67. The van der Waals surface area contributed by atoms with E-state index in [4.69, 9.17) is 4.74 Å². The molecule has 0 spiro atoms. The summed E-state index contributed by atoms with van der Waals surface area (Å²) in [6.07, 6.45) is 2.69. The molecule has 116 valence electrons. The average molecular weight is 301 g/mol. The quantitative estimate of drug-likeness (QED) is 0.683. The van der Waals surface area contributed by atoms with E-state index in [-0.39, 0.29) is 35.2 Å². The summed E-state index contributed by atoms with van der Waals surface area (Å²) >= 11 is 0. The number of benzene rings is 1. The Kier molecular flexibility index (Phi) is 3.98. The molecule has 0 radical (unpaired) electrons. The summed E-state index contributed by atoms with van der Waals surface area (Å²) in [7, 11) is 0. The number of amides is 2. The fourth-order valence-electron chi connectivity index (χ4n) is 3.62. The third-order valence-corrected chi connectivity index (χ3v) is 4.70. The number of nitrogens with one attached hydrogen (secondary N) is 1. The van der Waals surface area contributed by atoms with Crippen LogP contribution < -0.4 is 5.32 Å². The van der Waals surface area contributed by atoms with E-state index in [1.54, 1.807) is 6.08 Å². The highest BCUT2D eigenvalue weighted by Gasteiger charge is 2.57. The number of carbonyl (C=O) groups excluding carboxylic acids is 2. The van der Waals surface area contributed by atoms with E-state index in [1.807, 2.05) is 30.3 Å². The van der Waals surface area contributed by atoms with E-state index in [2.05, 4.69) is 11.9 Å². The van der Waals surface area contributed by atoms with E-state index < -0.39 is 0 Å². The van der Waals surface area contributed by atoms with Crippen LogP contribution in [0.1, 0.15) is 18.4 Å². The number of quaternary nitrogens is 1. The van der Waals surface area contributed by atoms with Gasteiger partial charge in [0.2, 0.25) is 5.91 Å². The maximum absolute atomic E-state index is 12.7. The number of hydrogen-bond acceptors (Lipinski definition) is 3. The van der Waals surface area contributed by atoms with Gasteiger partial charge in [-0.1, -0.05) is 36.9 Å². The first-order chi connectivity index (χ1) is 10.7. The van der Waals surface area contributed by atoms with E-state index in [9.17, 15) is 9.59 Å². The van der Waals surface area contributed by atoms with E-state index in [0.717, 1.165) is 12.0 Å². The van der Waals surface area contributed by atoms with Crippen molar-refractivity contribution in [1.29, 1.82) is 0 Å². The van der Waals surface area contributed by atoms with Crippen LogP contribution in [0.25, 0.3) is 0 Å². The topological polar surface area (TPSA) is 55.4 Å². The van der Waals surface area contributed by atoms with Crippen molar-refractivity contribution in [1.82, 2.24) is 5.32 Å². The van der Waals surface area contributed by atoms with Crippen LogP contribution in [0.2, 0.25) is 0 Å². The van der Waals surface area contributed by atoms with Crippen LogP contribution in [0.15, 0.2) is 43.0 Å². The van der Waals surface area contributed by atoms with E-state index >= 15 is 0 Å². The lowest BCUT2D eigenvalue weighted by atomic mass is 10.1. The zero-order valence-electron chi connectivity index (χ0n) is 12.5. The van der Waals surface area contributed by atoms with Gasteiger partial charge in [-0.25, -0.2) is 4.48 Å². The van der Waals surface area contributed by atoms with Crippen LogP contribution >= 0.6 is 0 Å². The minimum atomic E-state index is -0.257. The Morgan fingerprint density at radius 2 is 2.18 bits per heavy atom. The van der Waals surface area contributed by atoms with Crippen LogP contribution in [0, 0.1) is 0 Å². The minimum Gasteiger partial charge on any atom is -0.415 e. The summed E-state index contributed by atoms with van der Waals surface area (Å²) < 4.78 is 5.74. The Balaban J connectivity index is 1.74. The fourth-order valence-corrected chi connectivity index (χ4v) is 3.62. The maximum atomic E-state index is 12.7. The SMILES string of the molecule is C=CC[N+]1(C(=O)OCc2ccccc2)CC[C@H]2NC(=O)C[C@@H]21. The van der Waals surface area contributed by atoms with Gasteiger partial charge in [-0.3, -0.25) is 4.79 Å². The summed E-state index contributed by atoms with van der Waals surface area (Å²) in [5, 5.41) is 2.96. The molecule has 5 heteroatoms. The second-order valence-electron chi connectivity index (χ2n) is 6.00. The molecule has 0 aliphatic carbocycles. The molecule has 2 fully saturated rings. The van der Waals surface area contributed by atoms with Crippen LogP contribution in [0.3, 0.4) is 0 Å². The monoisotopic (exact) mass is 301 g/mol. The van der Waals surface area contributed by atoms with Gasteiger partial charge in [0.1, 0.15) is 19.2 Å². The van der Waals surface area contributed by atoms with Crippen molar-refractivity contribution in [2.75, 3.05) is 13.1 Å². The smallest absolute Gasteiger partial charge is 0.415 e. The van der Waals surface area contributed by atoms with Crippen molar-refractivity contribution < 1.29 is 18.8 Å². The standard InChI is InChI=1S/C17H20N2O3/c1-2-9-19(10-8-14-15(19)11-16(20)18-14)17(21)22-12-13-6-4-3-5-7-13/h2-7,14-15H,1,8-12H2/p+1/t14-,15+,19?/m1/s1. The lowest BCUT2D eigenvalue weighted by molar-refractivity contribution is -0.863. The van der Waals surface area contributed by atoms with Crippen LogP contribution in [0.4, 0.5) is 4.79 Å². The number of rotatable bonds is 4. The third-order valence-electron chi connectivity index (χ3n) is 4.70. The van der Waals surface area contributed by atoms with E-state index in [1.165, 1.54) is 0 Å². The van der Waals surface area contributed by atoms with Gasteiger partial charge in [-0.05, 0) is 11.6 Å². The molecule has 2 heterocycles. The first-order valence-corrected chi connectivity index (χ1v) is 7.64. The third kappa shape index (κ3) is 2.52. The van der Waals surface area contributed by atoms with Gasteiger partial charge >= 0.3 is 6.09 Å². The predicted molar refractivity (Wildman–Crippen MR) is 81.8 cm³/mol. The van der Waals surface area contributed by atoms with Gasteiger partial charge in [0, 0.05) is 6.42 Å². The molecule has 0 aromatic heterocycles. The average Bonchev–Trinajstić information content (AvgIpc) is 3.05.